The SMILES string of the molecule is O[C@H](COCc1ccccc1)[C@@H](OCc1ccccc1)c1ccnn1-c1cc(Cl)ccc1Cl. The van der Waals surface area contributed by atoms with Gasteiger partial charge in [0.05, 0.1) is 36.2 Å². The van der Waals surface area contributed by atoms with E-state index in [1.807, 2.05) is 60.7 Å². The van der Waals surface area contributed by atoms with Crippen LogP contribution in [0.25, 0.3) is 5.69 Å². The highest BCUT2D eigenvalue weighted by Crippen LogP contribution is 2.30. The predicted octanol–water partition coefficient (Wildman–Crippen LogP) is 6.01. The molecule has 170 valence electrons. The molecule has 0 fully saturated rings. The molecule has 0 saturated heterocycles. The van der Waals surface area contributed by atoms with Gasteiger partial charge in [0, 0.05) is 11.2 Å². The monoisotopic (exact) mass is 482 g/mol. The molecular weight excluding hydrogens is 459 g/mol. The number of hydrogen-bond acceptors (Lipinski definition) is 4. The van der Waals surface area contributed by atoms with Crippen molar-refractivity contribution in [3.05, 3.63) is 118 Å². The second-order valence-electron chi connectivity index (χ2n) is 7.55. The van der Waals surface area contributed by atoms with Crippen LogP contribution in [0.15, 0.2) is 91.1 Å². The van der Waals surface area contributed by atoms with E-state index in [1.165, 1.54) is 0 Å². The summed E-state index contributed by atoms with van der Waals surface area (Å²) in [6, 6.07) is 26.6. The smallest absolute Gasteiger partial charge is 0.128 e. The molecule has 0 spiro atoms. The average Bonchev–Trinajstić information content (AvgIpc) is 3.31. The van der Waals surface area contributed by atoms with Gasteiger partial charge in [-0.1, -0.05) is 83.9 Å². The molecule has 1 N–H and O–H groups in total. The first-order valence-electron chi connectivity index (χ1n) is 10.6. The minimum Gasteiger partial charge on any atom is -0.388 e. The lowest BCUT2D eigenvalue weighted by Crippen LogP contribution is -2.28. The van der Waals surface area contributed by atoms with Crippen LogP contribution in [-0.4, -0.2) is 27.6 Å². The van der Waals surface area contributed by atoms with Crippen LogP contribution >= 0.6 is 23.2 Å². The van der Waals surface area contributed by atoms with E-state index in [4.69, 9.17) is 32.7 Å². The van der Waals surface area contributed by atoms with Crippen molar-refractivity contribution in [2.45, 2.75) is 25.4 Å². The zero-order valence-corrected chi connectivity index (χ0v) is 19.4. The highest BCUT2D eigenvalue weighted by molar-refractivity contribution is 6.34. The number of aliphatic hydroxyl groups excluding tert-OH is 1. The van der Waals surface area contributed by atoms with Crippen molar-refractivity contribution in [1.29, 1.82) is 0 Å². The summed E-state index contributed by atoms with van der Waals surface area (Å²) in [7, 11) is 0. The van der Waals surface area contributed by atoms with Crippen molar-refractivity contribution >= 4 is 23.2 Å². The van der Waals surface area contributed by atoms with Gasteiger partial charge in [0.25, 0.3) is 0 Å². The summed E-state index contributed by atoms with van der Waals surface area (Å²) in [4.78, 5) is 0. The minimum atomic E-state index is -0.939. The van der Waals surface area contributed by atoms with Crippen molar-refractivity contribution in [2.75, 3.05) is 6.61 Å². The Labute approximate surface area is 203 Å². The van der Waals surface area contributed by atoms with Crippen molar-refractivity contribution < 1.29 is 14.6 Å². The Morgan fingerprint density at radius 2 is 1.52 bits per heavy atom. The van der Waals surface area contributed by atoms with Crippen LogP contribution in [0.5, 0.6) is 0 Å². The van der Waals surface area contributed by atoms with Crippen LogP contribution in [0.1, 0.15) is 22.9 Å². The largest absolute Gasteiger partial charge is 0.388 e. The molecule has 1 heterocycles. The Kier molecular flexibility index (Phi) is 8.15. The summed E-state index contributed by atoms with van der Waals surface area (Å²) in [6.45, 7) is 0.793. The Morgan fingerprint density at radius 1 is 0.848 bits per heavy atom. The normalized spacial score (nSPS) is 13.1. The Hall–Kier alpha value is -2.67. The molecule has 0 radical (unpaired) electrons. The Morgan fingerprint density at radius 3 is 2.21 bits per heavy atom. The minimum absolute atomic E-state index is 0.0861. The van der Waals surface area contributed by atoms with Gasteiger partial charge >= 0.3 is 0 Å². The lowest BCUT2D eigenvalue weighted by atomic mass is 10.1. The molecule has 0 aliphatic heterocycles. The number of benzene rings is 3. The molecule has 0 saturated carbocycles. The van der Waals surface area contributed by atoms with Gasteiger partial charge in [0.1, 0.15) is 12.2 Å². The molecule has 33 heavy (non-hydrogen) atoms. The van der Waals surface area contributed by atoms with Gasteiger partial charge < -0.3 is 14.6 Å². The summed E-state index contributed by atoms with van der Waals surface area (Å²) in [5.74, 6) is 0. The number of aromatic nitrogens is 2. The standard InChI is InChI=1S/C26H24Cl2N2O3/c27-21-11-12-22(28)24(15-21)30-23(13-14-29-30)26(33-17-20-9-5-2-6-10-20)25(31)18-32-16-19-7-3-1-4-8-19/h1-15,25-26,31H,16-18H2/t25-,26+/m1/s1. The number of hydrogen-bond donors (Lipinski definition) is 1. The van der Waals surface area contributed by atoms with Crippen LogP contribution in [0.2, 0.25) is 10.0 Å². The first-order valence-corrected chi connectivity index (χ1v) is 11.3. The van der Waals surface area contributed by atoms with Gasteiger partial charge in [0.2, 0.25) is 0 Å². The van der Waals surface area contributed by atoms with E-state index in [2.05, 4.69) is 5.10 Å². The number of halogens is 2. The third-order valence-electron chi connectivity index (χ3n) is 5.12. The highest BCUT2D eigenvalue weighted by Gasteiger charge is 2.27. The molecule has 0 aliphatic carbocycles. The second-order valence-corrected chi connectivity index (χ2v) is 8.39. The summed E-state index contributed by atoms with van der Waals surface area (Å²) in [5.41, 5.74) is 3.27. The number of rotatable bonds is 10. The van der Waals surface area contributed by atoms with Gasteiger partial charge in [-0.15, -0.1) is 0 Å². The van der Waals surface area contributed by atoms with Gasteiger partial charge in [-0.05, 0) is 35.4 Å². The third-order valence-corrected chi connectivity index (χ3v) is 5.68. The van der Waals surface area contributed by atoms with Gasteiger partial charge in [-0.3, -0.25) is 0 Å². The van der Waals surface area contributed by atoms with E-state index >= 15 is 0 Å². The number of nitrogens with zero attached hydrogens (tertiary/aromatic N) is 2. The van der Waals surface area contributed by atoms with Crippen molar-refractivity contribution in [3.8, 4) is 5.69 Å². The van der Waals surface area contributed by atoms with Crippen LogP contribution in [0.4, 0.5) is 0 Å². The maximum Gasteiger partial charge on any atom is 0.128 e. The zero-order valence-electron chi connectivity index (χ0n) is 17.9. The van der Waals surface area contributed by atoms with E-state index in [1.54, 1.807) is 35.1 Å². The quantitative estimate of drug-likeness (QED) is 0.300. The van der Waals surface area contributed by atoms with Gasteiger partial charge in [0.15, 0.2) is 0 Å². The molecule has 5 nitrogen and oxygen atoms in total. The van der Waals surface area contributed by atoms with Crippen LogP contribution < -0.4 is 0 Å². The molecule has 7 heteroatoms. The molecule has 0 bridgehead atoms. The van der Waals surface area contributed by atoms with E-state index in [0.29, 0.717) is 34.6 Å². The first-order chi connectivity index (χ1) is 16.1. The molecule has 0 amide bonds. The zero-order chi connectivity index (χ0) is 23.0. The Bertz CT molecular complexity index is 1150. The van der Waals surface area contributed by atoms with E-state index in [-0.39, 0.29) is 6.61 Å². The molecular formula is C26H24Cl2N2O3. The van der Waals surface area contributed by atoms with Gasteiger partial charge in [-0.2, -0.15) is 5.10 Å². The maximum absolute atomic E-state index is 11.1. The third kappa shape index (κ3) is 6.22. The maximum atomic E-state index is 11.1. The lowest BCUT2D eigenvalue weighted by Gasteiger charge is -2.25. The fourth-order valence-corrected chi connectivity index (χ4v) is 3.86. The average molecular weight is 483 g/mol. The number of aliphatic hydroxyl groups is 1. The van der Waals surface area contributed by atoms with E-state index < -0.39 is 12.2 Å². The highest BCUT2D eigenvalue weighted by atomic mass is 35.5. The molecule has 3 aromatic carbocycles. The topological polar surface area (TPSA) is 56.5 Å². The molecule has 4 rings (SSSR count). The van der Waals surface area contributed by atoms with Crippen LogP contribution in [0.3, 0.4) is 0 Å². The van der Waals surface area contributed by atoms with E-state index in [0.717, 1.165) is 11.1 Å². The molecule has 2 atom stereocenters. The predicted molar refractivity (Wildman–Crippen MR) is 130 cm³/mol. The molecule has 4 aromatic rings. The summed E-state index contributed by atoms with van der Waals surface area (Å²) in [5, 5.41) is 16.5. The second kappa shape index (κ2) is 11.5. The van der Waals surface area contributed by atoms with Crippen molar-refractivity contribution in [3.63, 3.8) is 0 Å². The van der Waals surface area contributed by atoms with E-state index in [9.17, 15) is 5.11 Å². The number of ether oxygens (including phenoxy) is 2. The fourth-order valence-electron chi connectivity index (χ4n) is 3.49. The summed E-state index contributed by atoms with van der Waals surface area (Å²) < 4.78 is 13.6. The van der Waals surface area contributed by atoms with Crippen molar-refractivity contribution in [2.24, 2.45) is 0 Å². The Balaban J connectivity index is 1.56. The fraction of sp³-hybridized carbons (Fsp3) is 0.192. The lowest BCUT2D eigenvalue weighted by molar-refractivity contribution is -0.0855. The van der Waals surface area contributed by atoms with Gasteiger partial charge in [-0.25, -0.2) is 4.68 Å². The van der Waals surface area contributed by atoms with Crippen molar-refractivity contribution in [1.82, 2.24) is 9.78 Å². The molecule has 1 aromatic heterocycles. The van der Waals surface area contributed by atoms with Crippen LogP contribution in [-0.2, 0) is 22.7 Å². The molecule has 0 unspecified atom stereocenters. The molecule has 0 aliphatic rings. The first kappa shape index (κ1) is 23.5. The summed E-state index contributed by atoms with van der Waals surface area (Å²) >= 11 is 12.6. The van der Waals surface area contributed by atoms with Crippen LogP contribution in [0, 0.1) is 0 Å². The summed E-state index contributed by atoms with van der Waals surface area (Å²) in [6.07, 6.45) is -0.00688.